The van der Waals surface area contributed by atoms with Crippen molar-refractivity contribution >= 4 is 31.6 Å². The van der Waals surface area contributed by atoms with Crippen LogP contribution in [0.1, 0.15) is 12.0 Å². The van der Waals surface area contributed by atoms with Crippen molar-refractivity contribution in [3.05, 3.63) is 29.0 Å². The highest BCUT2D eigenvalue weighted by Gasteiger charge is 2.27. The Morgan fingerprint density at radius 1 is 1.38 bits per heavy atom. The van der Waals surface area contributed by atoms with Crippen LogP contribution in [-0.2, 0) is 25.8 Å². The highest BCUT2D eigenvalue weighted by molar-refractivity contribution is 7.89. The van der Waals surface area contributed by atoms with Crippen LogP contribution in [0, 0.1) is 0 Å². The van der Waals surface area contributed by atoms with E-state index in [0.29, 0.717) is 23.7 Å². The van der Waals surface area contributed by atoms with Crippen LogP contribution in [0.5, 0.6) is 0 Å². The Kier molecular flexibility index (Phi) is 5.20. The van der Waals surface area contributed by atoms with E-state index in [-0.39, 0.29) is 24.6 Å². The van der Waals surface area contributed by atoms with E-state index in [0.717, 1.165) is 0 Å². The molecule has 7 nitrogen and oxygen atoms in total. The van der Waals surface area contributed by atoms with Crippen molar-refractivity contribution in [2.45, 2.75) is 12.2 Å². The molecule has 0 bridgehead atoms. The number of halogens is 1. The minimum atomic E-state index is -3.53. The zero-order chi connectivity index (χ0) is 15.5. The maximum absolute atomic E-state index is 11.9. The first-order valence-electron chi connectivity index (χ1n) is 6.34. The minimum absolute atomic E-state index is 0.0581. The summed E-state index contributed by atoms with van der Waals surface area (Å²) in [6, 6.07) is 3.10. The molecule has 0 saturated carbocycles. The van der Waals surface area contributed by atoms with E-state index in [1.165, 1.54) is 16.6 Å². The van der Waals surface area contributed by atoms with Crippen LogP contribution in [0.3, 0.4) is 0 Å². The highest BCUT2D eigenvalue weighted by Crippen LogP contribution is 2.12. The van der Waals surface area contributed by atoms with E-state index in [9.17, 15) is 16.8 Å². The van der Waals surface area contributed by atoms with Crippen LogP contribution in [0.2, 0.25) is 5.15 Å². The summed E-state index contributed by atoms with van der Waals surface area (Å²) in [6.07, 6.45) is 1.98. The van der Waals surface area contributed by atoms with E-state index in [1.54, 1.807) is 6.07 Å². The number of nitrogens with one attached hydrogen (secondary N) is 1. The molecule has 10 heteroatoms. The average molecular weight is 354 g/mol. The number of aromatic nitrogens is 1. The van der Waals surface area contributed by atoms with Crippen molar-refractivity contribution in [3.63, 3.8) is 0 Å². The molecular formula is C11H16ClN3O4S2. The SMILES string of the molecule is O=S(=O)(Cc1ccc(Cl)nc1)NCCN1CCCS1(=O)=O. The lowest BCUT2D eigenvalue weighted by Crippen LogP contribution is -2.36. The van der Waals surface area contributed by atoms with Gasteiger partial charge in [-0.05, 0) is 18.1 Å². The van der Waals surface area contributed by atoms with Gasteiger partial charge >= 0.3 is 0 Å². The Balaban J connectivity index is 1.85. The Labute approximate surface area is 129 Å². The van der Waals surface area contributed by atoms with Crippen LogP contribution < -0.4 is 4.72 Å². The summed E-state index contributed by atoms with van der Waals surface area (Å²) in [5.74, 6) is -0.0832. The molecule has 118 valence electrons. The normalized spacial score (nSPS) is 18.9. The first-order valence-corrected chi connectivity index (χ1v) is 9.98. The predicted octanol–water partition coefficient (Wildman–Crippen LogP) is 0.190. The number of rotatable bonds is 6. The van der Waals surface area contributed by atoms with Crippen molar-refractivity contribution in [2.75, 3.05) is 25.4 Å². The Hall–Kier alpha value is -0.740. The smallest absolute Gasteiger partial charge is 0.215 e. The molecule has 1 aliphatic rings. The summed E-state index contributed by atoms with van der Waals surface area (Å²) in [5, 5.41) is 0.295. The van der Waals surface area contributed by atoms with Gasteiger partial charge in [0.25, 0.3) is 0 Å². The van der Waals surface area contributed by atoms with Crippen LogP contribution in [0.25, 0.3) is 0 Å². The zero-order valence-electron chi connectivity index (χ0n) is 11.2. The molecule has 1 fully saturated rings. The van der Waals surface area contributed by atoms with Crippen molar-refractivity contribution in [2.24, 2.45) is 0 Å². The lowest BCUT2D eigenvalue weighted by molar-refractivity contribution is 0.444. The maximum Gasteiger partial charge on any atom is 0.215 e. The van der Waals surface area contributed by atoms with Gasteiger partial charge in [-0.15, -0.1) is 0 Å². The van der Waals surface area contributed by atoms with Gasteiger partial charge in [-0.2, -0.15) is 0 Å². The van der Waals surface area contributed by atoms with E-state index in [2.05, 4.69) is 9.71 Å². The Morgan fingerprint density at radius 2 is 2.14 bits per heavy atom. The molecule has 0 aliphatic carbocycles. The molecule has 2 heterocycles. The van der Waals surface area contributed by atoms with Gasteiger partial charge in [0.2, 0.25) is 20.0 Å². The van der Waals surface area contributed by atoms with E-state index in [4.69, 9.17) is 11.6 Å². The molecule has 2 rings (SSSR count). The third-order valence-electron chi connectivity index (χ3n) is 3.03. The molecule has 1 N–H and O–H groups in total. The molecule has 0 atom stereocenters. The van der Waals surface area contributed by atoms with Gasteiger partial charge in [0, 0.05) is 25.8 Å². The van der Waals surface area contributed by atoms with Crippen LogP contribution in [-0.4, -0.2) is 51.5 Å². The second-order valence-corrected chi connectivity index (χ2v) is 8.99. The summed E-state index contributed by atoms with van der Waals surface area (Å²) >= 11 is 5.63. The van der Waals surface area contributed by atoms with Gasteiger partial charge in [0.1, 0.15) is 5.15 Å². The van der Waals surface area contributed by atoms with Gasteiger partial charge in [0.15, 0.2) is 0 Å². The third kappa shape index (κ3) is 4.89. The molecule has 21 heavy (non-hydrogen) atoms. The largest absolute Gasteiger partial charge is 0.244 e. The van der Waals surface area contributed by atoms with E-state index in [1.807, 2.05) is 0 Å². The molecule has 0 radical (unpaired) electrons. The van der Waals surface area contributed by atoms with E-state index >= 15 is 0 Å². The summed E-state index contributed by atoms with van der Waals surface area (Å²) in [5.41, 5.74) is 0.515. The minimum Gasteiger partial charge on any atom is -0.244 e. The van der Waals surface area contributed by atoms with Gasteiger partial charge in [-0.1, -0.05) is 17.7 Å². The van der Waals surface area contributed by atoms with Gasteiger partial charge in [-0.3, -0.25) is 0 Å². The first kappa shape index (κ1) is 16.6. The number of pyridine rings is 1. The Morgan fingerprint density at radius 3 is 2.71 bits per heavy atom. The number of nitrogens with zero attached hydrogens (tertiary/aromatic N) is 2. The summed E-state index contributed by atoms with van der Waals surface area (Å²) in [6.45, 7) is 0.661. The molecule has 0 aromatic carbocycles. The molecule has 0 unspecified atom stereocenters. The molecule has 1 aliphatic heterocycles. The van der Waals surface area contributed by atoms with Crippen LogP contribution >= 0.6 is 11.6 Å². The second kappa shape index (κ2) is 6.57. The predicted molar refractivity (Wildman–Crippen MR) is 79.9 cm³/mol. The van der Waals surface area contributed by atoms with Gasteiger partial charge < -0.3 is 0 Å². The molecule has 0 spiro atoms. The highest BCUT2D eigenvalue weighted by atomic mass is 35.5. The van der Waals surface area contributed by atoms with Crippen molar-refractivity contribution in [3.8, 4) is 0 Å². The topological polar surface area (TPSA) is 96.4 Å². The molecule has 1 saturated heterocycles. The van der Waals surface area contributed by atoms with Crippen LogP contribution in [0.4, 0.5) is 0 Å². The maximum atomic E-state index is 11.9. The first-order chi connectivity index (χ1) is 9.78. The van der Waals surface area contributed by atoms with Crippen LogP contribution in [0.15, 0.2) is 18.3 Å². The monoisotopic (exact) mass is 353 g/mol. The van der Waals surface area contributed by atoms with Gasteiger partial charge in [0.05, 0.1) is 11.5 Å². The lowest BCUT2D eigenvalue weighted by atomic mass is 10.3. The fraction of sp³-hybridized carbons (Fsp3) is 0.545. The standard InChI is InChI=1S/C11H16ClN3O4S2/c12-11-3-2-10(8-13-11)9-20(16,17)14-4-6-15-5-1-7-21(15,18)19/h2-3,8,14H,1,4-7,9H2. The fourth-order valence-corrected chi connectivity index (χ4v) is 4.79. The number of hydrogen-bond acceptors (Lipinski definition) is 5. The number of sulfonamides is 2. The molecule has 0 amide bonds. The summed E-state index contributed by atoms with van der Waals surface area (Å²) in [7, 11) is -6.73. The molecule has 1 aromatic rings. The number of hydrogen-bond donors (Lipinski definition) is 1. The molecular weight excluding hydrogens is 338 g/mol. The Bertz CT molecular complexity index is 689. The molecule has 1 aromatic heterocycles. The third-order valence-corrected chi connectivity index (χ3v) is 6.57. The van der Waals surface area contributed by atoms with Gasteiger partial charge in [-0.25, -0.2) is 30.8 Å². The average Bonchev–Trinajstić information content (AvgIpc) is 2.71. The summed E-state index contributed by atoms with van der Waals surface area (Å²) < 4.78 is 50.6. The quantitative estimate of drug-likeness (QED) is 0.736. The zero-order valence-corrected chi connectivity index (χ0v) is 13.6. The fourth-order valence-electron chi connectivity index (χ4n) is 2.03. The van der Waals surface area contributed by atoms with Crippen molar-refractivity contribution < 1.29 is 16.8 Å². The summed E-state index contributed by atoms with van der Waals surface area (Å²) in [4.78, 5) is 3.81. The van der Waals surface area contributed by atoms with Crippen molar-refractivity contribution in [1.29, 1.82) is 0 Å². The van der Waals surface area contributed by atoms with E-state index < -0.39 is 20.0 Å². The van der Waals surface area contributed by atoms with Crippen molar-refractivity contribution in [1.82, 2.24) is 14.0 Å². The second-order valence-electron chi connectivity index (χ2n) is 4.71. The lowest BCUT2D eigenvalue weighted by Gasteiger charge is -2.14.